The van der Waals surface area contributed by atoms with E-state index in [0.29, 0.717) is 59.5 Å². The number of esters is 1. The molecule has 2 aromatic heterocycles. The number of carbonyl (C=O) groups excluding carboxylic acids is 2. The number of piperidine rings is 2. The van der Waals surface area contributed by atoms with Gasteiger partial charge in [0, 0.05) is 41.7 Å². The van der Waals surface area contributed by atoms with Crippen LogP contribution < -0.4 is 10.3 Å². The molecule has 7 rings (SSSR count). The number of pyridine rings is 2. The zero-order valence-corrected chi connectivity index (χ0v) is 24.9. The van der Waals surface area contributed by atoms with Crippen LogP contribution in [0.5, 0.6) is 5.75 Å². The Morgan fingerprint density at radius 1 is 1.07 bits per heavy atom. The molecule has 0 aliphatic carbocycles. The normalized spacial score (nSPS) is 22.2. The van der Waals surface area contributed by atoms with E-state index in [1.165, 1.54) is 19.3 Å². The van der Waals surface area contributed by atoms with E-state index in [1.54, 1.807) is 28.5 Å². The van der Waals surface area contributed by atoms with Gasteiger partial charge in [0.25, 0.3) is 5.56 Å². The molecule has 4 aliphatic heterocycles. The fourth-order valence-electron chi connectivity index (χ4n) is 7.48. The summed E-state index contributed by atoms with van der Waals surface area (Å²) in [6.07, 6.45) is 6.24. The number of hydrogen-bond donors (Lipinski definition) is 1. The number of hydrogen-bond acceptors (Lipinski definition) is 8. The Morgan fingerprint density at radius 3 is 2.56 bits per heavy atom. The van der Waals surface area contributed by atoms with Gasteiger partial charge in [-0.15, -0.1) is 0 Å². The van der Waals surface area contributed by atoms with E-state index in [0.717, 1.165) is 48.9 Å². The van der Waals surface area contributed by atoms with Crippen LogP contribution in [-0.4, -0.2) is 68.7 Å². The molecule has 3 aromatic rings. The second-order valence-corrected chi connectivity index (χ2v) is 12.2. The smallest absolute Gasteiger partial charge is 0.415 e. The van der Waals surface area contributed by atoms with E-state index in [9.17, 15) is 19.5 Å². The zero-order valence-electron chi connectivity index (χ0n) is 24.9. The lowest BCUT2D eigenvalue weighted by Gasteiger charge is -2.39. The number of cyclic esters (lactones) is 1. The molecule has 1 aromatic carbocycles. The summed E-state index contributed by atoms with van der Waals surface area (Å²) in [7, 11) is 0. The van der Waals surface area contributed by atoms with Crippen molar-refractivity contribution in [2.75, 3.05) is 26.2 Å². The van der Waals surface area contributed by atoms with Gasteiger partial charge in [-0.3, -0.25) is 4.79 Å². The molecule has 1 N–H and O–H groups in total. The lowest BCUT2D eigenvalue weighted by atomic mass is 9.86. The molecule has 2 fully saturated rings. The number of aromatic nitrogens is 2. The quantitative estimate of drug-likeness (QED) is 0.356. The van der Waals surface area contributed by atoms with Crippen LogP contribution >= 0.6 is 0 Å². The molecule has 1 amide bonds. The number of rotatable bonds is 4. The van der Waals surface area contributed by atoms with Crippen molar-refractivity contribution in [3.05, 3.63) is 56.9 Å². The average Bonchev–Trinajstić information content (AvgIpc) is 3.40. The van der Waals surface area contributed by atoms with E-state index < -0.39 is 11.6 Å². The van der Waals surface area contributed by atoms with Gasteiger partial charge in [0.05, 0.1) is 29.0 Å². The molecule has 0 spiro atoms. The van der Waals surface area contributed by atoms with Gasteiger partial charge in [0.2, 0.25) is 0 Å². The largest absolute Gasteiger partial charge is 0.458 e. The highest BCUT2D eigenvalue weighted by Crippen LogP contribution is 2.40. The number of nitrogens with zero attached hydrogens (tertiary/aromatic N) is 4. The van der Waals surface area contributed by atoms with Gasteiger partial charge < -0.3 is 28.9 Å². The molecular weight excluding hydrogens is 548 g/mol. The van der Waals surface area contributed by atoms with Crippen molar-refractivity contribution >= 4 is 23.0 Å². The Labute approximate surface area is 250 Å². The van der Waals surface area contributed by atoms with E-state index in [-0.39, 0.29) is 24.7 Å². The molecule has 4 aliphatic rings. The number of carbonyl (C=O) groups is 2. The SMILES string of the molecule is CCc1c2c(nc3cc(OC(=O)N4CCC(N5CCCCC5)CC4)ccc13)-c1cc3c(c(=O)n1C2)COC(=O)[C@]3(O)CC. The third kappa shape index (κ3) is 4.53. The first-order chi connectivity index (χ1) is 20.8. The number of likely N-dealkylation sites (tertiary alicyclic amines) is 2. The number of aliphatic hydroxyl groups is 1. The van der Waals surface area contributed by atoms with Crippen LogP contribution in [0.25, 0.3) is 22.3 Å². The predicted molar refractivity (Wildman–Crippen MR) is 160 cm³/mol. The summed E-state index contributed by atoms with van der Waals surface area (Å²) < 4.78 is 12.7. The summed E-state index contributed by atoms with van der Waals surface area (Å²) in [4.78, 5) is 48.6. The average molecular weight is 587 g/mol. The minimum absolute atomic E-state index is 0.0879. The van der Waals surface area contributed by atoms with E-state index >= 15 is 0 Å². The summed E-state index contributed by atoms with van der Waals surface area (Å²) >= 11 is 0. The molecule has 1 atom stereocenters. The first-order valence-electron chi connectivity index (χ1n) is 15.7. The van der Waals surface area contributed by atoms with Crippen LogP contribution in [-0.2, 0) is 34.7 Å². The third-order valence-electron chi connectivity index (χ3n) is 9.97. The van der Waals surface area contributed by atoms with Crippen LogP contribution in [0.2, 0.25) is 0 Å². The maximum absolute atomic E-state index is 13.6. The van der Waals surface area contributed by atoms with E-state index in [2.05, 4.69) is 11.8 Å². The number of benzene rings is 1. The first kappa shape index (κ1) is 28.0. The molecule has 6 heterocycles. The van der Waals surface area contributed by atoms with Gasteiger partial charge in [0.15, 0.2) is 5.60 Å². The third-order valence-corrected chi connectivity index (χ3v) is 9.97. The van der Waals surface area contributed by atoms with Crippen molar-refractivity contribution in [2.45, 2.75) is 83.6 Å². The molecule has 10 nitrogen and oxygen atoms in total. The summed E-state index contributed by atoms with van der Waals surface area (Å²) in [5.41, 5.74) is 2.32. The standard InChI is InChI=1S/C33H38N4O6/c1-3-22-23-9-8-21(43-32(40)36-14-10-20(11-15-36)35-12-6-5-7-13-35)16-27(23)34-29-24(22)18-37-28(29)17-26-25(30(37)38)19-42-31(39)33(26,41)4-2/h8-9,16-17,20,41H,3-7,10-15,18-19H2,1-2H3/t33-/m0/s1. The second kappa shape index (κ2) is 10.7. The highest BCUT2D eigenvalue weighted by molar-refractivity contribution is 5.90. The molecule has 0 unspecified atom stereocenters. The van der Waals surface area contributed by atoms with Gasteiger partial charge in [-0.2, -0.15) is 0 Å². The zero-order chi connectivity index (χ0) is 29.9. The molecule has 43 heavy (non-hydrogen) atoms. The van der Waals surface area contributed by atoms with E-state index in [4.69, 9.17) is 14.5 Å². The monoisotopic (exact) mass is 586 g/mol. The van der Waals surface area contributed by atoms with Gasteiger partial charge in [0.1, 0.15) is 12.4 Å². The maximum atomic E-state index is 13.6. The number of amides is 1. The van der Waals surface area contributed by atoms with Crippen molar-refractivity contribution < 1.29 is 24.2 Å². The summed E-state index contributed by atoms with van der Waals surface area (Å²) in [5.74, 6) is -0.318. The fourth-order valence-corrected chi connectivity index (χ4v) is 7.48. The van der Waals surface area contributed by atoms with Crippen molar-refractivity contribution in [2.24, 2.45) is 0 Å². The molecular formula is C33H38N4O6. The summed E-state index contributed by atoms with van der Waals surface area (Å²) in [6.45, 7) is 7.65. The highest BCUT2D eigenvalue weighted by atomic mass is 16.6. The molecule has 2 saturated heterocycles. The number of fused-ring (bicyclic) bond motifs is 5. The maximum Gasteiger partial charge on any atom is 0.415 e. The van der Waals surface area contributed by atoms with Gasteiger partial charge in [-0.1, -0.05) is 20.3 Å². The van der Waals surface area contributed by atoms with Crippen LogP contribution in [0.15, 0.2) is 29.1 Å². The van der Waals surface area contributed by atoms with Crippen LogP contribution in [0.3, 0.4) is 0 Å². The highest BCUT2D eigenvalue weighted by Gasteiger charge is 2.45. The molecule has 0 radical (unpaired) electrons. The summed E-state index contributed by atoms with van der Waals surface area (Å²) in [5, 5.41) is 12.1. The number of ether oxygens (including phenoxy) is 2. The lowest BCUT2D eigenvalue weighted by molar-refractivity contribution is -0.172. The van der Waals surface area contributed by atoms with Crippen LogP contribution in [0.4, 0.5) is 4.79 Å². The Morgan fingerprint density at radius 2 is 1.84 bits per heavy atom. The minimum Gasteiger partial charge on any atom is -0.458 e. The second-order valence-electron chi connectivity index (χ2n) is 12.2. The lowest BCUT2D eigenvalue weighted by Crippen LogP contribution is -2.48. The minimum atomic E-state index is -1.88. The van der Waals surface area contributed by atoms with Gasteiger partial charge in [-0.05, 0) is 75.4 Å². The van der Waals surface area contributed by atoms with Crippen molar-refractivity contribution in [3.8, 4) is 17.1 Å². The molecule has 10 heteroatoms. The van der Waals surface area contributed by atoms with Crippen molar-refractivity contribution in [3.63, 3.8) is 0 Å². The molecule has 226 valence electrons. The Kier molecular flexibility index (Phi) is 7.01. The van der Waals surface area contributed by atoms with Gasteiger partial charge in [-0.25, -0.2) is 14.6 Å². The summed E-state index contributed by atoms with van der Waals surface area (Å²) in [6, 6.07) is 7.80. The Hall–Kier alpha value is -3.76. The van der Waals surface area contributed by atoms with Crippen molar-refractivity contribution in [1.82, 2.24) is 19.4 Å². The number of aryl methyl sites for hydroxylation is 1. The predicted octanol–water partition coefficient (Wildman–Crippen LogP) is 4.09. The first-order valence-corrected chi connectivity index (χ1v) is 15.7. The van der Waals surface area contributed by atoms with E-state index in [1.807, 2.05) is 12.1 Å². The Balaban J connectivity index is 1.18. The molecule has 0 bridgehead atoms. The van der Waals surface area contributed by atoms with Crippen molar-refractivity contribution in [1.29, 1.82) is 0 Å². The molecule has 0 saturated carbocycles. The fraction of sp³-hybridized carbons (Fsp3) is 0.515. The topological polar surface area (TPSA) is 114 Å². The Bertz CT molecular complexity index is 1690. The van der Waals surface area contributed by atoms with Crippen LogP contribution in [0.1, 0.15) is 74.6 Å². The van der Waals surface area contributed by atoms with Gasteiger partial charge >= 0.3 is 12.1 Å². The van der Waals surface area contributed by atoms with Crippen LogP contribution in [0, 0.1) is 0 Å².